The van der Waals surface area contributed by atoms with Crippen molar-refractivity contribution in [1.82, 2.24) is 0 Å². The molecule has 0 aliphatic heterocycles. The summed E-state index contributed by atoms with van der Waals surface area (Å²) in [4.78, 5) is 9.89. The first-order valence-corrected chi connectivity index (χ1v) is 4.23. The number of hydrogen-bond acceptors (Lipinski definition) is 5. The zero-order valence-corrected chi connectivity index (χ0v) is 7.80. The van der Waals surface area contributed by atoms with Gasteiger partial charge in [0.25, 0.3) is 5.69 Å². The van der Waals surface area contributed by atoms with Gasteiger partial charge in [-0.15, -0.1) is 0 Å². The van der Waals surface area contributed by atoms with Crippen LogP contribution in [0.5, 0.6) is 5.75 Å². The fraction of sp³-hybridized carbons (Fsp3) is 0.222. The van der Waals surface area contributed by atoms with E-state index in [-0.39, 0.29) is 23.5 Å². The number of aromatic hydroxyl groups is 1. The highest BCUT2D eigenvalue weighted by Gasteiger charge is 2.09. The lowest BCUT2D eigenvalue weighted by molar-refractivity contribution is -0.384. The normalized spacial score (nSPS) is 9.27. The molecule has 2 N–H and O–H groups in total. The molecule has 0 heterocycles. The van der Waals surface area contributed by atoms with Crippen LogP contribution in [0.3, 0.4) is 0 Å². The average molecular weight is 207 g/mol. The maximum absolute atomic E-state index is 10.4. The van der Waals surface area contributed by atoms with Gasteiger partial charge in [0.05, 0.1) is 23.1 Å². The van der Waals surface area contributed by atoms with Crippen LogP contribution < -0.4 is 5.32 Å². The lowest BCUT2D eigenvalue weighted by atomic mass is 10.2. The molecule has 6 heteroatoms. The van der Waals surface area contributed by atoms with E-state index in [0.717, 1.165) is 0 Å². The van der Waals surface area contributed by atoms with Crippen LogP contribution in [-0.4, -0.2) is 16.6 Å². The summed E-state index contributed by atoms with van der Waals surface area (Å²) in [7, 11) is 0. The molecule has 6 nitrogen and oxygen atoms in total. The van der Waals surface area contributed by atoms with E-state index >= 15 is 0 Å². The van der Waals surface area contributed by atoms with Crippen LogP contribution in [0.15, 0.2) is 18.2 Å². The molecule has 78 valence electrons. The number of rotatable bonds is 4. The van der Waals surface area contributed by atoms with Crippen LogP contribution in [0.2, 0.25) is 0 Å². The predicted octanol–water partition coefficient (Wildman–Crippen LogP) is 1.63. The van der Waals surface area contributed by atoms with E-state index < -0.39 is 4.92 Å². The summed E-state index contributed by atoms with van der Waals surface area (Å²) in [6.45, 7) is 0.339. The number of nitro groups is 1. The van der Waals surface area contributed by atoms with Crippen LogP contribution in [0.25, 0.3) is 0 Å². The van der Waals surface area contributed by atoms with Gasteiger partial charge in [-0.05, 0) is 6.07 Å². The Morgan fingerprint density at radius 1 is 1.60 bits per heavy atom. The minimum absolute atomic E-state index is 0.0708. The number of hydrogen-bond donors (Lipinski definition) is 2. The van der Waals surface area contributed by atoms with Crippen molar-refractivity contribution < 1.29 is 10.0 Å². The van der Waals surface area contributed by atoms with Gasteiger partial charge in [-0.25, -0.2) is 0 Å². The molecule has 0 bridgehead atoms. The van der Waals surface area contributed by atoms with Crippen molar-refractivity contribution in [3.63, 3.8) is 0 Å². The van der Waals surface area contributed by atoms with Crippen LogP contribution in [0.1, 0.15) is 6.42 Å². The molecule has 0 unspecified atom stereocenters. The van der Waals surface area contributed by atoms with Crippen molar-refractivity contribution in [2.24, 2.45) is 0 Å². The van der Waals surface area contributed by atoms with Gasteiger partial charge in [-0.3, -0.25) is 10.1 Å². The topological polar surface area (TPSA) is 99.2 Å². The fourth-order valence-electron chi connectivity index (χ4n) is 1.03. The number of nitrogens with one attached hydrogen (secondary N) is 1. The van der Waals surface area contributed by atoms with Gasteiger partial charge in [0.1, 0.15) is 5.75 Å². The van der Waals surface area contributed by atoms with Gasteiger partial charge < -0.3 is 10.4 Å². The summed E-state index contributed by atoms with van der Waals surface area (Å²) in [5, 5.41) is 30.8. The Bertz CT molecular complexity index is 412. The van der Waals surface area contributed by atoms with Crippen LogP contribution in [0.4, 0.5) is 11.4 Å². The molecule has 1 aromatic carbocycles. The van der Waals surface area contributed by atoms with Crippen molar-refractivity contribution in [2.75, 3.05) is 11.9 Å². The summed E-state index contributed by atoms with van der Waals surface area (Å²) in [6, 6.07) is 5.60. The van der Waals surface area contributed by atoms with E-state index in [1.807, 2.05) is 6.07 Å². The number of benzene rings is 1. The molecule has 0 spiro atoms. The number of phenolic OH excluding ortho intramolecular Hbond substituents is 1. The maximum atomic E-state index is 10.4. The summed E-state index contributed by atoms with van der Waals surface area (Å²) in [5.74, 6) is -0.0708. The largest absolute Gasteiger partial charge is 0.506 e. The Labute approximate surface area is 85.9 Å². The third-order valence-corrected chi connectivity index (χ3v) is 1.74. The lowest BCUT2D eigenvalue weighted by Gasteiger charge is -2.05. The Balaban J connectivity index is 2.82. The SMILES string of the molecule is N#CCCNc1cc([N+](=O)[O-])ccc1O. The molecule has 1 aromatic rings. The van der Waals surface area contributed by atoms with Crippen molar-refractivity contribution in [3.8, 4) is 11.8 Å². The van der Waals surface area contributed by atoms with Crippen LogP contribution in [0, 0.1) is 21.4 Å². The summed E-state index contributed by atoms with van der Waals surface area (Å²) in [5.41, 5.74) is 0.159. The van der Waals surface area contributed by atoms with E-state index in [4.69, 9.17) is 5.26 Å². The molecular weight excluding hydrogens is 198 g/mol. The first-order valence-electron chi connectivity index (χ1n) is 4.23. The van der Waals surface area contributed by atoms with Gasteiger partial charge in [-0.2, -0.15) is 5.26 Å². The minimum Gasteiger partial charge on any atom is -0.506 e. The van der Waals surface area contributed by atoms with E-state index in [1.165, 1.54) is 18.2 Å². The molecule has 0 aromatic heterocycles. The number of phenols is 1. The van der Waals surface area contributed by atoms with Gasteiger partial charge in [-0.1, -0.05) is 0 Å². The van der Waals surface area contributed by atoms with Crippen molar-refractivity contribution in [3.05, 3.63) is 28.3 Å². The molecule has 0 aliphatic carbocycles. The highest BCUT2D eigenvalue weighted by atomic mass is 16.6. The second-order valence-corrected chi connectivity index (χ2v) is 2.79. The smallest absolute Gasteiger partial charge is 0.271 e. The van der Waals surface area contributed by atoms with E-state index in [1.54, 1.807) is 0 Å². The molecule has 0 radical (unpaired) electrons. The molecule has 0 atom stereocenters. The number of nitriles is 1. The molecule has 0 amide bonds. The van der Waals surface area contributed by atoms with Crippen LogP contribution >= 0.6 is 0 Å². The van der Waals surface area contributed by atoms with Gasteiger partial charge in [0, 0.05) is 18.7 Å². The lowest BCUT2D eigenvalue weighted by Crippen LogP contribution is -2.01. The Morgan fingerprint density at radius 3 is 2.93 bits per heavy atom. The first-order chi connectivity index (χ1) is 7.15. The molecule has 1 rings (SSSR count). The summed E-state index contributed by atoms with van der Waals surface area (Å²) in [6.07, 6.45) is 0.266. The second-order valence-electron chi connectivity index (χ2n) is 2.79. The first kappa shape index (κ1) is 10.8. The molecule has 0 saturated carbocycles. The Morgan fingerprint density at radius 2 is 2.33 bits per heavy atom. The molecule has 0 fully saturated rings. The minimum atomic E-state index is -0.547. The Kier molecular flexibility index (Phi) is 3.46. The number of nitrogens with zero attached hydrogens (tertiary/aromatic N) is 2. The van der Waals surface area contributed by atoms with Gasteiger partial charge in [0.2, 0.25) is 0 Å². The fourth-order valence-corrected chi connectivity index (χ4v) is 1.03. The molecular formula is C9H9N3O3. The summed E-state index contributed by atoms with van der Waals surface area (Å²) >= 11 is 0. The standard InChI is InChI=1S/C9H9N3O3/c10-4-1-5-11-8-6-7(12(14)15)2-3-9(8)13/h2-3,6,11,13H,1,5H2. The van der Waals surface area contributed by atoms with E-state index in [0.29, 0.717) is 6.54 Å². The third kappa shape index (κ3) is 2.84. The highest BCUT2D eigenvalue weighted by molar-refractivity contribution is 5.60. The molecule has 15 heavy (non-hydrogen) atoms. The number of anilines is 1. The molecule has 0 aliphatic rings. The third-order valence-electron chi connectivity index (χ3n) is 1.74. The Hall–Kier alpha value is -2.29. The van der Waals surface area contributed by atoms with Crippen molar-refractivity contribution >= 4 is 11.4 Å². The average Bonchev–Trinajstić information content (AvgIpc) is 2.20. The van der Waals surface area contributed by atoms with Crippen molar-refractivity contribution in [2.45, 2.75) is 6.42 Å². The van der Waals surface area contributed by atoms with Gasteiger partial charge >= 0.3 is 0 Å². The highest BCUT2D eigenvalue weighted by Crippen LogP contribution is 2.27. The number of nitro benzene ring substituents is 1. The van der Waals surface area contributed by atoms with Crippen molar-refractivity contribution in [1.29, 1.82) is 5.26 Å². The second kappa shape index (κ2) is 4.81. The van der Waals surface area contributed by atoms with E-state index in [2.05, 4.69) is 5.32 Å². The molecule has 0 saturated heterocycles. The zero-order valence-electron chi connectivity index (χ0n) is 7.80. The van der Waals surface area contributed by atoms with Crippen LogP contribution in [-0.2, 0) is 0 Å². The quantitative estimate of drug-likeness (QED) is 0.338. The summed E-state index contributed by atoms with van der Waals surface area (Å²) < 4.78 is 0. The monoisotopic (exact) mass is 207 g/mol. The number of non-ortho nitro benzene ring substituents is 1. The maximum Gasteiger partial charge on any atom is 0.271 e. The zero-order chi connectivity index (χ0) is 11.3. The van der Waals surface area contributed by atoms with Gasteiger partial charge in [0.15, 0.2) is 0 Å². The van der Waals surface area contributed by atoms with E-state index in [9.17, 15) is 15.2 Å². The predicted molar refractivity (Wildman–Crippen MR) is 53.5 cm³/mol.